The molecule has 0 saturated carbocycles. The van der Waals surface area contributed by atoms with Gasteiger partial charge in [0.2, 0.25) is 23.8 Å². The maximum Gasteiger partial charge on any atom is 0.280 e. The summed E-state index contributed by atoms with van der Waals surface area (Å²) in [6.07, 6.45) is -14.1. The molecule has 0 amide bonds. The van der Waals surface area contributed by atoms with Crippen molar-refractivity contribution >= 4 is 156 Å². The number of anilines is 5. The second kappa shape index (κ2) is 35.2. The molecular weight excluding hydrogens is 1710 g/mol. The molecule has 53 heteroatoms. The Morgan fingerprint density at radius 3 is 1.23 bits per heavy atom. The highest BCUT2D eigenvalue weighted by atomic mass is 35.5. The smallest absolute Gasteiger partial charge is 0.280 e. The van der Waals surface area contributed by atoms with Crippen LogP contribution in [0.25, 0.3) is 55.6 Å². The quantitative estimate of drug-likeness (QED) is 0.0449. The average molecular weight is 1790 g/mol. The Hall–Kier alpha value is -10.1. The summed E-state index contributed by atoms with van der Waals surface area (Å²) >= 11 is 32.5. The van der Waals surface area contributed by atoms with Crippen LogP contribution in [0.15, 0.2) is 58.0 Å². The number of H-pyrrole nitrogens is 4. The van der Waals surface area contributed by atoms with Crippen molar-refractivity contribution in [1.82, 2.24) is 87.6 Å². The molecule has 5 saturated heterocycles. The Kier molecular flexibility index (Phi) is 26.6. The molecule has 15 rings (SSSR count). The number of aliphatic hydroxyl groups excluding tert-OH is 10. The molecule has 0 spiro atoms. The molecular formula is C67H76Cl5FN28O18S. The number of nitrogens with zero attached hydrogens (tertiary/aromatic N) is 14. The van der Waals surface area contributed by atoms with Gasteiger partial charge in [-0.25, -0.2) is 29.3 Å². The number of halogens is 6. The first-order valence-corrected chi connectivity index (χ1v) is 37.2. The van der Waals surface area contributed by atoms with Gasteiger partial charge in [0.25, 0.3) is 16.7 Å². The summed E-state index contributed by atoms with van der Waals surface area (Å²) in [6.45, 7) is 7.25. The third-order valence-corrected chi connectivity index (χ3v) is 20.7. The van der Waals surface area contributed by atoms with E-state index in [4.69, 9.17) is 151 Å². The lowest BCUT2D eigenvalue weighted by atomic mass is 9.90. The number of nitrogens with two attached hydrogens (primary N) is 10. The monoisotopic (exact) mass is 1790 g/mol. The van der Waals surface area contributed by atoms with E-state index in [0.29, 0.717) is 22.3 Å². The number of ether oxygens (including phenoxy) is 5. The number of fused-ring (bicyclic) bond motifs is 5. The highest BCUT2D eigenvalue weighted by Gasteiger charge is 2.61. The molecule has 0 aliphatic carbocycles. The third-order valence-electron chi connectivity index (χ3n) is 19.9. The standard InChI is InChI=1S/C14H15ClFN5O4.C14H16ClN5O4.C13H15ClN6O4.C13H15ClN6O3S.C13H15ClN6O3/c1-5(22)8-9(23)14(18,2-3-15)12(25-8)21-4-6(16)7-10(21)19-13(17)20-11(7)24;1-6(21)8-9(22)14(17,3-4-15)12(24-8)20-5-2-7-10(20)18-13(16)19-11(7)23;1-5(21)7-8(22)13(16,2-3-14)11(24-7)20-4-17-6-9(20)18-12(15)19-10(6)23;1-5(21)7-8(22)13(16,2-3-14)11(23-7)20-4-17-6-9(20)18-12(15)19-10(6)24;1-6(21)8-9(22)13(16,2-3-14)11(23-8)20-5-18-7-4-17-12(15)19-10(7)20/h4-5,8-9,12,22-23H,18H2,1H3,(H3,17,19,20,24);2,5-6,8-9,12,21-22H,17H2,1H3,(H3,16,18,19,23);4-5,7-8,11,21-22H,16H2,1H3,(H3,15,18,19,23);4-5,7-8,11,21-22H,16H2,1H3,(H3,15,18,19,24);4-6,8-9,11,21-22H,16H2,1H3,(H2,15,17,19)/t5-,8-,9+,12-,14?;6-,8-,9+,12-,14?;2*5-,7-,8+,11-,13?;6-,8-,9+,11-,13?/m11111/s1. The van der Waals surface area contributed by atoms with Crippen LogP contribution in [0.3, 0.4) is 0 Å². The van der Waals surface area contributed by atoms with Crippen molar-refractivity contribution in [3.63, 3.8) is 0 Å². The molecule has 10 aromatic heterocycles. The number of rotatable bonds is 10. The number of aromatic nitrogens is 18. The van der Waals surface area contributed by atoms with Gasteiger partial charge in [-0.1, -0.05) is 41.8 Å². The zero-order chi connectivity index (χ0) is 88.2. The van der Waals surface area contributed by atoms with Crippen LogP contribution in [-0.2, 0) is 23.7 Å². The Balaban J connectivity index is 0.000000147. The molecule has 640 valence electrons. The fourth-order valence-electron chi connectivity index (χ4n) is 14.0. The molecule has 5 fully saturated rings. The van der Waals surface area contributed by atoms with Crippen LogP contribution < -0.4 is 74.0 Å². The van der Waals surface area contributed by atoms with Crippen LogP contribution in [0.1, 0.15) is 65.8 Å². The summed E-state index contributed by atoms with van der Waals surface area (Å²) in [5.41, 5.74) is 51.0. The van der Waals surface area contributed by atoms with E-state index in [9.17, 15) is 69.8 Å². The molecule has 34 N–H and O–H groups in total. The maximum atomic E-state index is 14.3. The first kappa shape index (κ1) is 90.7. The largest absolute Gasteiger partial charge is 0.391 e. The van der Waals surface area contributed by atoms with Crippen LogP contribution in [0.4, 0.5) is 34.1 Å². The average Bonchev–Trinajstić information content (AvgIpc) is 1.58. The van der Waals surface area contributed by atoms with E-state index in [2.05, 4.69) is 121 Å². The lowest BCUT2D eigenvalue weighted by Gasteiger charge is -2.28. The third kappa shape index (κ3) is 16.3. The van der Waals surface area contributed by atoms with Crippen LogP contribution in [0, 0.1) is 67.0 Å². The molecule has 0 radical (unpaired) electrons. The Morgan fingerprint density at radius 2 is 0.800 bits per heavy atom. The van der Waals surface area contributed by atoms with Crippen molar-refractivity contribution in [3.8, 4) is 56.5 Å². The van der Waals surface area contributed by atoms with Crippen LogP contribution in [0.5, 0.6) is 0 Å². The predicted octanol–water partition coefficient (Wildman–Crippen LogP) is -5.38. The van der Waals surface area contributed by atoms with Crippen LogP contribution >= 0.6 is 70.2 Å². The summed E-state index contributed by atoms with van der Waals surface area (Å²) in [5, 5.41) is 112. The Labute approximate surface area is 702 Å². The molecule has 0 bridgehead atoms. The van der Waals surface area contributed by atoms with Crippen molar-refractivity contribution in [2.75, 3.05) is 28.7 Å². The lowest BCUT2D eigenvalue weighted by molar-refractivity contribution is -0.0757. The van der Waals surface area contributed by atoms with Gasteiger partial charge >= 0.3 is 0 Å². The fourth-order valence-corrected chi connectivity index (χ4v) is 15.1. The van der Waals surface area contributed by atoms with Gasteiger partial charge in [-0.05, 0) is 98.7 Å². The molecule has 5 aliphatic rings. The molecule has 5 aliphatic heterocycles. The minimum atomic E-state index is -1.79. The second-order valence-electron chi connectivity index (χ2n) is 28.0. The summed E-state index contributed by atoms with van der Waals surface area (Å²) < 4.78 is 49.8. The Bertz CT molecular complexity index is 5800. The molecule has 0 aromatic carbocycles. The molecule has 5 unspecified atom stereocenters. The molecule has 46 nitrogen and oxygen atoms in total. The van der Waals surface area contributed by atoms with E-state index in [1.807, 2.05) is 0 Å². The minimum absolute atomic E-state index is 0.0176. The van der Waals surface area contributed by atoms with Gasteiger partial charge in [-0.2, -0.15) is 19.9 Å². The van der Waals surface area contributed by atoms with E-state index in [1.54, 1.807) is 0 Å². The van der Waals surface area contributed by atoms with Gasteiger partial charge in [-0.3, -0.25) is 47.6 Å². The normalized spacial score (nSPS) is 31.0. The van der Waals surface area contributed by atoms with Crippen LogP contribution in [-0.4, -0.2) is 258 Å². The maximum absolute atomic E-state index is 14.3. The van der Waals surface area contributed by atoms with Gasteiger partial charge in [0, 0.05) is 39.3 Å². The van der Waals surface area contributed by atoms with Gasteiger partial charge in [0.05, 0.1) is 61.1 Å². The fraction of sp³-hybridized carbons (Fsp3) is 0.448. The minimum Gasteiger partial charge on any atom is -0.391 e. The summed E-state index contributed by atoms with van der Waals surface area (Å²) in [7, 11) is 0. The SMILES string of the molecule is C[C@@H](O)[C@H]1O[C@@H](n2cc(F)c3c(=O)[nH]c(N)nc32)C(N)(C#CCl)[C@H]1O.C[C@@H](O)[C@H]1O[C@@H](n2ccc3c(=O)[nH]c(N)nc32)C(N)(C#CCl)[C@H]1O.C[C@@H](O)[C@H]1O[C@@H](n2cnc3c(=O)[nH]c(N)nc32)C(N)(C#CCl)[C@H]1O.C[C@@H](O)[C@H]1O[C@@H](n2cnc3c(=S)nc(N)[nH]c32)C(N)(C#CCl)[C@H]1O.C[C@@H](O)[C@H]1O[C@@H](n2cnc3cnc(N)nc32)C(N)(C#CCl)[C@H]1O. The molecule has 120 heavy (non-hydrogen) atoms. The van der Waals surface area contributed by atoms with Crippen LogP contribution in [0.2, 0.25) is 0 Å². The van der Waals surface area contributed by atoms with E-state index in [1.165, 1.54) is 90.3 Å². The Morgan fingerprint density at radius 1 is 0.450 bits per heavy atom. The number of hydrogen-bond acceptors (Lipinski definition) is 38. The molecule has 15 heterocycles. The van der Waals surface area contributed by atoms with Crippen molar-refractivity contribution in [2.45, 2.75) is 185 Å². The second-order valence-corrected chi connectivity index (χ2v) is 29.4. The zero-order valence-electron chi connectivity index (χ0n) is 62.5. The first-order valence-electron chi connectivity index (χ1n) is 34.9. The number of imidazole rings is 3. The summed E-state index contributed by atoms with van der Waals surface area (Å²) in [4.78, 5) is 81.7. The van der Waals surface area contributed by atoms with Gasteiger partial charge in [0.15, 0.2) is 103 Å². The summed E-state index contributed by atoms with van der Waals surface area (Å²) in [6, 6.07) is 1.51. The highest BCUT2D eigenvalue weighted by molar-refractivity contribution is 7.71. The van der Waals surface area contributed by atoms with Gasteiger partial charge in [0.1, 0.15) is 83.1 Å². The number of nitrogens with one attached hydrogen (secondary N) is 4. The van der Waals surface area contributed by atoms with Gasteiger partial charge in [-0.15, -0.1) is 0 Å². The molecule has 10 aromatic rings. The van der Waals surface area contributed by atoms with E-state index in [0.717, 1.165) is 10.8 Å². The van der Waals surface area contributed by atoms with E-state index in [-0.39, 0.29) is 67.6 Å². The number of aromatic amines is 4. The molecule has 25 atom stereocenters. The van der Waals surface area contributed by atoms with Crippen molar-refractivity contribution in [1.29, 1.82) is 0 Å². The summed E-state index contributed by atoms with van der Waals surface area (Å²) in [5.74, 6) is 11.4. The first-order chi connectivity index (χ1) is 56.5. The van der Waals surface area contributed by atoms with E-state index < -0.39 is 173 Å². The van der Waals surface area contributed by atoms with Crippen molar-refractivity contribution in [2.24, 2.45) is 28.7 Å². The zero-order valence-corrected chi connectivity index (χ0v) is 67.1. The van der Waals surface area contributed by atoms with Crippen molar-refractivity contribution in [3.05, 3.63) is 85.2 Å². The van der Waals surface area contributed by atoms with E-state index >= 15 is 0 Å². The lowest BCUT2D eigenvalue weighted by Crippen LogP contribution is -2.54. The number of nitrogen functional groups attached to an aromatic ring is 5. The topological polar surface area (TPSA) is 764 Å². The number of hydrogen-bond donors (Lipinski definition) is 24. The highest BCUT2D eigenvalue weighted by Crippen LogP contribution is 2.45. The number of aliphatic hydroxyl groups is 10. The van der Waals surface area contributed by atoms with Gasteiger partial charge < -0.3 is 142 Å². The predicted molar refractivity (Wildman–Crippen MR) is 430 cm³/mol. The van der Waals surface area contributed by atoms with Crippen molar-refractivity contribution < 1.29 is 79.1 Å².